The fourth-order valence-electron chi connectivity index (χ4n) is 9.22. The summed E-state index contributed by atoms with van der Waals surface area (Å²) in [5.41, 5.74) is 6.93. The first-order chi connectivity index (χ1) is 50.8. The van der Waals surface area contributed by atoms with Gasteiger partial charge in [-0.2, -0.15) is 0 Å². The SMILES string of the molecule is CC(C)(C)C(=O)c1ccc(-c2ccc(OC(F)(F)F)cc2)cn1.CC(C)(C)C(O)c1ccc(-c2ccc(OC(F)(F)F)cc2)cn1.CC(C)(C)C1(c2ccc(-c3ccc(OC(F)(F)F)cc3)cn2)CO1.FC(F)(F)Oc1ccc(-c2ccc(Br)nc2)cc1.FC(F)(F)Oc1ccc(I)cc1.OB(O)c1ccc(Br)nc1. The molecule has 0 amide bonds. The zero-order chi connectivity index (χ0) is 82.0. The van der Waals surface area contributed by atoms with E-state index in [1.54, 1.807) is 97.5 Å². The molecule has 0 bridgehead atoms. The molecule has 3 N–H and O–H groups in total. The van der Waals surface area contributed by atoms with Crippen molar-refractivity contribution in [3.05, 3.63) is 243 Å². The van der Waals surface area contributed by atoms with Gasteiger partial charge < -0.3 is 43.6 Å². The van der Waals surface area contributed by atoms with Gasteiger partial charge >= 0.3 is 38.9 Å². The molecule has 1 aliphatic heterocycles. The molecule has 0 saturated carbocycles. The molecule has 0 radical (unpaired) electrons. The zero-order valence-electron chi connectivity index (χ0n) is 59.3. The number of hydrogen-bond acceptors (Lipinski definition) is 15. The minimum Gasteiger partial charge on any atom is -0.423 e. The van der Waals surface area contributed by atoms with Gasteiger partial charge in [0, 0.05) is 67.7 Å². The maximum atomic E-state index is 12.2. The third kappa shape index (κ3) is 30.7. The number of aliphatic hydroxyl groups is 1. The normalized spacial score (nSPS) is 13.9. The molecular formula is C76H68BBr2F15IN5O10. The van der Waals surface area contributed by atoms with E-state index in [1.807, 2.05) is 82.3 Å². The van der Waals surface area contributed by atoms with Crippen LogP contribution in [-0.2, 0) is 10.3 Å². The van der Waals surface area contributed by atoms with Crippen molar-refractivity contribution in [2.75, 3.05) is 6.61 Å². The number of Topliss-reactive ketones (excluding diaryl/α,β-unsaturated/α-hetero) is 1. The number of nitrogens with zero attached hydrogens (tertiary/aromatic N) is 5. The highest BCUT2D eigenvalue weighted by Gasteiger charge is 2.57. The average molecular weight is 1790 g/mol. The highest BCUT2D eigenvalue weighted by Crippen LogP contribution is 2.52. The van der Waals surface area contributed by atoms with Crippen molar-refractivity contribution in [2.45, 2.75) is 106 Å². The van der Waals surface area contributed by atoms with E-state index in [4.69, 9.17) is 14.8 Å². The summed E-state index contributed by atoms with van der Waals surface area (Å²) in [7, 11) is -1.43. The zero-order valence-corrected chi connectivity index (χ0v) is 64.6. The molecule has 0 spiro atoms. The van der Waals surface area contributed by atoms with Crippen LogP contribution in [0.1, 0.15) is 90.3 Å². The molecule has 15 nitrogen and oxygen atoms in total. The number of benzene rings is 5. The van der Waals surface area contributed by atoms with Crippen LogP contribution in [0.3, 0.4) is 0 Å². The van der Waals surface area contributed by atoms with Gasteiger partial charge in [0.05, 0.1) is 18.0 Å². The second kappa shape index (κ2) is 37.9. The van der Waals surface area contributed by atoms with Crippen LogP contribution in [0.15, 0.2) is 222 Å². The summed E-state index contributed by atoms with van der Waals surface area (Å²) >= 11 is 8.32. The number of ketones is 1. The van der Waals surface area contributed by atoms with Gasteiger partial charge in [0.2, 0.25) is 0 Å². The number of rotatable bonds is 13. The molecule has 5 aromatic carbocycles. The maximum absolute atomic E-state index is 12.2. The van der Waals surface area contributed by atoms with Crippen LogP contribution < -0.4 is 29.1 Å². The Morgan fingerprint density at radius 3 is 0.964 bits per heavy atom. The molecule has 10 aromatic rings. The minimum absolute atomic E-state index is 0.0574. The summed E-state index contributed by atoms with van der Waals surface area (Å²) in [6, 6.07) is 45.5. The summed E-state index contributed by atoms with van der Waals surface area (Å²) < 4.78 is 207. The molecule has 1 saturated heterocycles. The summed E-state index contributed by atoms with van der Waals surface area (Å²) in [4.78, 5) is 32.8. The largest absolute Gasteiger partial charge is 0.573 e. The number of carbonyl (C=O) groups excluding carboxylic acids is 1. The van der Waals surface area contributed by atoms with E-state index in [9.17, 15) is 75.8 Å². The van der Waals surface area contributed by atoms with Gasteiger partial charge in [0.25, 0.3) is 0 Å². The van der Waals surface area contributed by atoms with Crippen molar-refractivity contribution in [1.29, 1.82) is 0 Å². The van der Waals surface area contributed by atoms with Gasteiger partial charge in [-0.15, -0.1) is 65.9 Å². The summed E-state index contributed by atoms with van der Waals surface area (Å²) in [6.07, 6.45) is -16.2. The number of carbonyl (C=O) groups is 1. The molecular weight excluding hydrogens is 1730 g/mol. The van der Waals surface area contributed by atoms with Gasteiger partial charge in [-0.25, -0.2) is 9.97 Å². The van der Waals surface area contributed by atoms with Gasteiger partial charge in [-0.1, -0.05) is 141 Å². The number of pyridine rings is 5. The Hall–Kier alpha value is -8.94. The van der Waals surface area contributed by atoms with Crippen molar-refractivity contribution < 1.29 is 114 Å². The van der Waals surface area contributed by atoms with Gasteiger partial charge in [-0.3, -0.25) is 19.7 Å². The van der Waals surface area contributed by atoms with Crippen LogP contribution in [0.2, 0.25) is 0 Å². The van der Waals surface area contributed by atoms with Crippen LogP contribution in [0.25, 0.3) is 44.5 Å². The fourth-order valence-corrected chi connectivity index (χ4v) is 10.1. The van der Waals surface area contributed by atoms with Crippen molar-refractivity contribution in [3.8, 4) is 73.3 Å². The lowest BCUT2D eigenvalue weighted by atomic mass is 9.78. The lowest BCUT2D eigenvalue weighted by molar-refractivity contribution is -0.275. The van der Waals surface area contributed by atoms with E-state index in [2.05, 4.69) is 101 Å². The molecule has 11 rings (SSSR count). The van der Waals surface area contributed by atoms with E-state index >= 15 is 0 Å². The van der Waals surface area contributed by atoms with Crippen molar-refractivity contribution >= 4 is 72.8 Å². The molecule has 5 aromatic heterocycles. The molecule has 1 aliphatic rings. The molecule has 2 atom stereocenters. The van der Waals surface area contributed by atoms with Gasteiger partial charge in [0.1, 0.15) is 55.4 Å². The number of hydrogen-bond donors (Lipinski definition) is 3. The van der Waals surface area contributed by atoms with Crippen LogP contribution in [0.4, 0.5) is 65.9 Å². The standard InChI is InChI=1S/C18H18F3NO2.C17H18F3NO2.C17H16F3NO2.C12H7BrF3NO.C7H4F3IO.C5H5BBrNO2/c1-16(2,3)17(11-23-17)15-9-6-13(10-22-15)12-4-7-14(8-5-12)24-18(19,20)21;2*1-16(2,3)15(22)14-9-6-12(10-21-14)11-4-7-13(8-5-11)23-17(18,19)20;13-11-6-3-9(7-17-11)8-1-4-10(5-2-8)18-12(14,15)16;8-7(9,10)12-6-3-1-5(11)2-4-6;7-5-2-1-4(3-8-5)6(9)10/h4-10H,11H2,1-3H3;4-10,15,22H,1-3H3;4-10H,1-3H3;1-7H;1-4H;1-3,9-10H. The van der Waals surface area contributed by atoms with Crippen molar-refractivity contribution in [1.82, 2.24) is 24.9 Å². The number of ether oxygens (including phenoxy) is 6. The number of halogens is 18. The second-order valence-corrected chi connectivity index (χ2v) is 29.4. The Labute approximate surface area is 652 Å². The van der Waals surface area contributed by atoms with Crippen LogP contribution in [0.5, 0.6) is 28.7 Å². The molecule has 34 heteroatoms. The van der Waals surface area contributed by atoms with E-state index in [0.717, 1.165) is 37.1 Å². The molecule has 0 aliphatic carbocycles. The van der Waals surface area contributed by atoms with Gasteiger partial charge in [0.15, 0.2) is 5.78 Å². The first-order valence-electron chi connectivity index (χ1n) is 32.1. The highest BCUT2D eigenvalue weighted by molar-refractivity contribution is 14.1. The third-order valence-electron chi connectivity index (χ3n) is 14.9. The average Bonchev–Trinajstić information content (AvgIpc) is 1.58. The first kappa shape index (κ1) is 90.0. The lowest BCUT2D eigenvalue weighted by Gasteiger charge is -2.26. The molecule has 586 valence electrons. The van der Waals surface area contributed by atoms with Crippen molar-refractivity contribution in [3.63, 3.8) is 0 Å². The Morgan fingerprint density at radius 1 is 0.418 bits per heavy atom. The Balaban J connectivity index is 0.000000211. The highest BCUT2D eigenvalue weighted by atomic mass is 127. The minimum atomic E-state index is -4.71. The molecule has 1 fully saturated rings. The Kier molecular flexibility index (Phi) is 31.0. The Bertz CT molecular complexity index is 4500. The number of aromatic nitrogens is 5. The molecule has 110 heavy (non-hydrogen) atoms. The van der Waals surface area contributed by atoms with E-state index < -0.39 is 50.4 Å². The fraction of sp³-hybridized carbons (Fsp3) is 0.263. The third-order valence-corrected chi connectivity index (χ3v) is 16.6. The number of epoxide rings is 1. The van der Waals surface area contributed by atoms with Crippen LogP contribution in [-0.4, -0.2) is 91.4 Å². The maximum Gasteiger partial charge on any atom is 0.573 e. The number of aliphatic hydroxyl groups excluding tert-OH is 1. The van der Waals surface area contributed by atoms with E-state index in [1.165, 1.54) is 97.3 Å². The monoisotopic (exact) mass is 1790 g/mol. The molecule has 6 heterocycles. The predicted octanol–water partition coefficient (Wildman–Crippen LogP) is 21.6. The summed E-state index contributed by atoms with van der Waals surface area (Å²) in [5, 5.41) is 27.4. The van der Waals surface area contributed by atoms with E-state index in [-0.39, 0.29) is 51.0 Å². The topological polar surface area (TPSA) is 201 Å². The molecule has 2 unspecified atom stereocenters. The van der Waals surface area contributed by atoms with Crippen LogP contribution >= 0.6 is 54.5 Å². The summed E-state index contributed by atoms with van der Waals surface area (Å²) in [5.74, 6) is -1.30. The Morgan fingerprint density at radius 2 is 0.718 bits per heavy atom. The van der Waals surface area contributed by atoms with Gasteiger partial charge in [-0.05, 0) is 191 Å². The first-order valence-corrected chi connectivity index (χ1v) is 34.8. The quantitative estimate of drug-likeness (QED) is 0.0246. The summed E-state index contributed by atoms with van der Waals surface area (Å²) in [6.45, 7) is 18.1. The second-order valence-electron chi connectivity index (χ2n) is 26.5. The smallest absolute Gasteiger partial charge is 0.423 e. The van der Waals surface area contributed by atoms with E-state index in [0.29, 0.717) is 49.4 Å². The number of alkyl halides is 15. The lowest BCUT2D eigenvalue weighted by Crippen LogP contribution is -2.29. The van der Waals surface area contributed by atoms with Crippen LogP contribution in [0, 0.1) is 19.8 Å². The van der Waals surface area contributed by atoms with Crippen molar-refractivity contribution in [2.24, 2.45) is 16.2 Å². The predicted molar refractivity (Wildman–Crippen MR) is 396 cm³/mol.